The van der Waals surface area contributed by atoms with E-state index >= 15 is 0 Å². The monoisotopic (exact) mass is 362 g/mol. The summed E-state index contributed by atoms with van der Waals surface area (Å²) >= 11 is 0. The van der Waals surface area contributed by atoms with Gasteiger partial charge in [-0.25, -0.2) is 9.97 Å². The maximum atomic E-state index is 12.7. The van der Waals surface area contributed by atoms with Gasteiger partial charge in [0.2, 0.25) is 5.95 Å². The van der Waals surface area contributed by atoms with Crippen molar-refractivity contribution in [2.24, 2.45) is 0 Å². The Hall–Kier alpha value is -3.41. The first kappa shape index (κ1) is 18.4. The predicted octanol–water partition coefficient (Wildman–Crippen LogP) is 4.35. The molecule has 0 bridgehead atoms. The van der Waals surface area contributed by atoms with Gasteiger partial charge in [0.15, 0.2) is 0 Å². The molecule has 27 heavy (non-hydrogen) atoms. The van der Waals surface area contributed by atoms with Crippen LogP contribution in [0.4, 0.5) is 17.3 Å². The third kappa shape index (κ3) is 4.41. The molecule has 0 saturated carbocycles. The van der Waals surface area contributed by atoms with Crippen LogP contribution < -0.4 is 15.4 Å². The Morgan fingerprint density at radius 2 is 1.74 bits per heavy atom. The average Bonchev–Trinajstić information content (AvgIpc) is 2.68. The van der Waals surface area contributed by atoms with Gasteiger partial charge in [-0.2, -0.15) is 0 Å². The molecule has 2 N–H and O–H groups in total. The Labute approximate surface area is 158 Å². The molecular weight excluding hydrogens is 340 g/mol. The molecule has 1 aromatic heterocycles. The maximum Gasteiger partial charge on any atom is 0.274 e. The summed E-state index contributed by atoms with van der Waals surface area (Å²) in [7, 11) is 1.60. The number of para-hydroxylation sites is 3. The number of anilines is 3. The summed E-state index contributed by atoms with van der Waals surface area (Å²) in [5, 5.41) is 6.06. The molecule has 0 aliphatic heterocycles. The van der Waals surface area contributed by atoms with E-state index in [9.17, 15) is 4.79 Å². The van der Waals surface area contributed by atoms with Crippen molar-refractivity contribution in [3.05, 3.63) is 71.5 Å². The molecule has 0 aliphatic rings. The molecule has 3 rings (SSSR count). The number of carbonyl (C=O) groups excluding carboxylic acids is 1. The van der Waals surface area contributed by atoms with Gasteiger partial charge in [0, 0.05) is 11.4 Å². The number of hydrogen-bond donors (Lipinski definition) is 2. The summed E-state index contributed by atoms with van der Waals surface area (Å²) in [6, 6.07) is 16.9. The van der Waals surface area contributed by atoms with Gasteiger partial charge in [0.1, 0.15) is 11.4 Å². The van der Waals surface area contributed by atoms with Crippen LogP contribution in [0.3, 0.4) is 0 Å². The van der Waals surface area contributed by atoms with Gasteiger partial charge in [-0.15, -0.1) is 0 Å². The first-order valence-electron chi connectivity index (χ1n) is 8.75. The number of carbonyl (C=O) groups is 1. The fourth-order valence-electron chi connectivity index (χ4n) is 2.75. The normalized spacial score (nSPS) is 10.3. The second-order valence-electron chi connectivity index (χ2n) is 6.01. The van der Waals surface area contributed by atoms with Crippen molar-refractivity contribution >= 4 is 23.2 Å². The molecule has 3 aromatic rings. The summed E-state index contributed by atoms with van der Waals surface area (Å²) in [5.74, 6) is 0.739. The van der Waals surface area contributed by atoms with Crippen LogP contribution in [0.25, 0.3) is 0 Å². The van der Waals surface area contributed by atoms with Gasteiger partial charge in [-0.05, 0) is 43.2 Å². The summed E-state index contributed by atoms with van der Waals surface area (Å²) < 4.78 is 5.33. The molecule has 0 unspecified atom stereocenters. The van der Waals surface area contributed by atoms with E-state index in [-0.39, 0.29) is 5.91 Å². The number of benzene rings is 2. The minimum Gasteiger partial charge on any atom is -0.495 e. The van der Waals surface area contributed by atoms with E-state index in [1.54, 1.807) is 13.2 Å². The van der Waals surface area contributed by atoms with Crippen molar-refractivity contribution in [2.75, 3.05) is 17.7 Å². The van der Waals surface area contributed by atoms with Crippen LogP contribution in [0.1, 0.15) is 28.7 Å². The topological polar surface area (TPSA) is 76.1 Å². The number of aromatic nitrogens is 2. The van der Waals surface area contributed by atoms with Crippen molar-refractivity contribution < 1.29 is 9.53 Å². The molecule has 6 nitrogen and oxygen atoms in total. The highest BCUT2D eigenvalue weighted by Gasteiger charge is 2.13. The van der Waals surface area contributed by atoms with Crippen LogP contribution in [-0.2, 0) is 6.42 Å². The van der Waals surface area contributed by atoms with Crippen molar-refractivity contribution in [1.29, 1.82) is 0 Å². The zero-order valence-corrected chi connectivity index (χ0v) is 15.6. The highest BCUT2D eigenvalue weighted by atomic mass is 16.5. The van der Waals surface area contributed by atoms with Gasteiger partial charge < -0.3 is 15.4 Å². The van der Waals surface area contributed by atoms with E-state index in [0.29, 0.717) is 23.1 Å². The fraction of sp³-hybridized carbons (Fsp3) is 0.190. The number of amides is 1. The molecule has 6 heteroatoms. The summed E-state index contributed by atoms with van der Waals surface area (Å²) in [4.78, 5) is 21.4. The number of aryl methyl sites for hydroxylation is 2. The first-order valence-corrected chi connectivity index (χ1v) is 8.75. The number of methoxy groups -OCH3 is 1. The summed E-state index contributed by atoms with van der Waals surface area (Å²) in [6.45, 7) is 3.88. The molecule has 1 heterocycles. The third-order valence-electron chi connectivity index (χ3n) is 4.09. The minimum atomic E-state index is -0.274. The largest absolute Gasteiger partial charge is 0.495 e. The lowest BCUT2D eigenvalue weighted by Crippen LogP contribution is -2.16. The van der Waals surface area contributed by atoms with Crippen LogP contribution in [0.5, 0.6) is 5.75 Å². The van der Waals surface area contributed by atoms with E-state index < -0.39 is 0 Å². The number of nitrogens with zero attached hydrogens (tertiary/aromatic N) is 2. The molecule has 0 atom stereocenters. The standard InChI is InChI=1S/C21H22N4O2/c1-4-15-9-5-6-10-16(15)23-20(26)18-13-14(2)22-21(25-18)24-17-11-7-8-12-19(17)27-3/h5-13H,4H2,1-3H3,(H,23,26)(H,22,24,25). The highest BCUT2D eigenvalue weighted by molar-refractivity contribution is 6.03. The average molecular weight is 362 g/mol. The Morgan fingerprint density at radius 1 is 1.04 bits per heavy atom. The lowest BCUT2D eigenvalue weighted by molar-refractivity contribution is 0.102. The first-order chi connectivity index (χ1) is 13.1. The van der Waals surface area contributed by atoms with E-state index in [0.717, 1.165) is 23.4 Å². The molecule has 0 radical (unpaired) electrons. The zero-order chi connectivity index (χ0) is 19.2. The minimum absolute atomic E-state index is 0.274. The van der Waals surface area contributed by atoms with E-state index in [4.69, 9.17) is 4.74 Å². The van der Waals surface area contributed by atoms with E-state index in [1.807, 2.05) is 55.5 Å². The van der Waals surface area contributed by atoms with Crippen molar-refractivity contribution in [2.45, 2.75) is 20.3 Å². The van der Waals surface area contributed by atoms with Gasteiger partial charge in [0.25, 0.3) is 5.91 Å². The van der Waals surface area contributed by atoms with Crippen LogP contribution in [0.2, 0.25) is 0 Å². The Kier molecular flexibility index (Phi) is 5.66. The van der Waals surface area contributed by atoms with Crippen molar-refractivity contribution in [1.82, 2.24) is 9.97 Å². The Bertz CT molecular complexity index is 956. The van der Waals surface area contributed by atoms with Crippen LogP contribution in [-0.4, -0.2) is 23.0 Å². The van der Waals surface area contributed by atoms with Crippen molar-refractivity contribution in [3.63, 3.8) is 0 Å². The fourth-order valence-corrected chi connectivity index (χ4v) is 2.75. The number of ether oxygens (including phenoxy) is 1. The number of nitrogens with one attached hydrogen (secondary N) is 2. The molecule has 0 saturated heterocycles. The van der Waals surface area contributed by atoms with Gasteiger partial charge in [-0.3, -0.25) is 4.79 Å². The molecule has 0 aliphatic carbocycles. The van der Waals surface area contributed by atoms with Gasteiger partial charge in [0.05, 0.1) is 12.8 Å². The summed E-state index contributed by atoms with van der Waals surface area (Å²) in [6.07, 6.45) is 0.833. The number of hydrogen-bond acceptors (Lipinski definition) is 5. The highest BCUT2D eigenvalue weighted by Crippen LogP contribution is 2.26. The van der Waals surface area contributed by atoms with Crippen LogP contribution in [0, 0.1) is 6.92 Å². The molecule has 2 aromatic carbocycles. The molecule has 1 amide bonds. The smallest absolute Gasteiger partial charge is 0.274 e. The zero-order valence-electron chi connectivity index (χ0n) is 15.6. The number of rotatable bonds is 6. The Morgan fingerprint density at radius 3 is 2.48 bits per heavy atom. The molecular formula is C21H22N4O2. The quantitative estimate of drug-likeness (QED) is 0.682. The summed E-state index contributed by atoms with van der Waals surface area (Å²) in [5.41, 5.74) is 3.58. The van der Waals surface area contributed by atoms with Gasteiger partial charge in [-0.1, -0.05) is 37.3 Å². The lowest BCUT2D eigenvalue weighted by Gasteiger charge is -2.12. The maximum absolute atomic E-state index is 12.7. The molecule has 0 spiro atoms. The third-order valence-corrected chi connectivity index (χ3v) is 4.09. The van der Waals surface area contributed by atoms with Crippen LogP contribution in [0.15, 0.2) is 54.6 Å². The predicted molar refractivity (Wildman–Crippen MR) is 107 cm³/mol. The van der Waals surface area contributed by atoms with Crippen molar-refractivity contribution in [3.8, 4) is 5.75 Å². The van der Waals surface area contributed by atoms with E-state index in [2.05, 4.69) is 27.5 Å². The second kappa shape index (κ2) is 8.31. The molecule has 0 fully saturated rings. The van der Waals surface area contributed by atoms with Crippen LogP contribution >= 0.6 is 0 Å². The molecule has 138 valence electrons. The second-order valence-corrected chi connectivity index (χ2v) is 6.01. The Balaban J connectivity index is 1.85. The lowest BCUT2D eigenvalue weighted by atomic mass is 10.1. The SMILES string of the molecule is CCc1ccccc1NC(=O)c1cc(C)nc(Nc2ccccc2OC)n1. The van der Waals surface area contributed by atoms with Gasteiger partial charge >= 0.3 is 0 Å². The van der Waals surface area contributed by atoms with E-state index in [1.165, 1.54) is 0 Å².